The molecule has 0 bridgehead atoms. The van der Waals surface area contributed by atoms with Gasteiger partial charge in [0.05, 0.1) is 23.2 Å². The van der Waals surface area contributed by atoms with Gasteiger partial charge in [0.25, 0.3) is 5.91 Å². The summed E-state index contributed by atoms with van der Waals surface area (Å²) < 4.78 is 3.81. The number of pyridine rings is 1. The van der Waals surface area contributed by atoms with Gasteiger partial charge in [-0.05, 0) is 38.8 Å². The molecule has 0 atom stereocenters. The molecule has 0 saturated carbocycles. The van der Waals surface area contributed by atoms with E-state index in [0.29, 0.717) is 17.9 Å². The van der Waals surface area contributed by atoms with Crippen LogP contribution in [0.3, 0.4) is 0 Å². The summed E-state index contributed by atoms with van der Waals surface area (Å²) in [6.07, 6.45) is 2.09. The van der Waals surface area contributed by atoms with Crippen LogP contribution in [0.1, 0.15) is 52.8 Å². The maximum atomic E-state index is 13.2. The molecular formula is C24H28N6O. The highest BCUT2D eigenvalue weighted by molar-refractivity contribution is 6.12. The number of rotatable bonds is 7. The molecule has 0 aliphatic heterocycles. The molecule has 31 heavy (non-hydrogen) atoms. The number of aryl methyl sites for hydroxylation is 4. The number of unbranched alkanes of at least 4 members (excludes halogenated alkanes) is 1. The first-order chi connectivity index (χ1) is 15.0. The molecule has 7 nitrogen and oxygen atoms in total. The minimum absolute atomic E-state index is 0.196. The Morgan fingerprint density at radius 1 is 1.03 bits per heavy atom. The highest BCUT2D eigenvalue weighted by Gasteiger charge is 2.19. The lowest BCUT2D eigenvalue weighted by molar-refractivity contribution is 0.102. The third-order valence-corrected chi connectivity index (χ3v) is 5.37. The van der Waals surface area contributed by atoms with Crippen LogP contribution in [0.2, 0.25) is 0 Å². The highest BCUT2D eigenvalue weighted by atomic mass is 16.1. The van der Waals surface area contributed by atoms with E-state index < -0.39 is 0 Å². The van der Waals surface area contributed by atoms with Crippen LogP contribution in [0.4, 0.5) is 5.82 Å². The van der Waals surface area contributed by atoms with Gasteiger partial charge in [-0.15, -0.1) is 0 Å². The fourth-order valence-corrected chi connectivity index (χ4v) is 3.79. The van der Waals surface area contributed by atoms with Crippen molar-refractivity contribution >= 4 is 22.8 Å². The number of nitrogens with one attached hydrogen (secondary N) is 1. The van der Waals surface area contributed by atoms with Gasteiger partial charge in [-0.2, -0.15) is 10.2 Å². The van der Waals surface area contributed by atoms with E-state index >= 15 is 0 Å². The Morgan fingerprint density at radius 3 is 2.55 bits per heavy atom. The SMILES string of the molecule is CCCCn1nc(C)c2c(C(=O)Nc3cc(C)n(Cc4ccccc4)n3)cc(C)nc21. The van der Waals surface area contributed by atoms with Crippen molar-refractivity contribution in [3.63, 3.8) is 0 Å². The third kappa shape index (κ3) is 4.35. The molecule has 0 fully saturated rings. The normalized spacial score (nSPS) is 11.2. The third-order valence-electron chi connectivity index (χ3n) is 5.37. The molecule has 4 aromatic rings. The molecule has 3 heterocycles. The van der Waals surface area contributed by atoms with E-state index in [1.54, 1.807) is 0 Å². The Morgan fingerprint density at radius 2 is 1.81 bits per heavy atom. The van der Waals surface area contributed by atoms with Crippen molar-refractivity contribution in [2.45, 2.75) is 53.6 Å². The molecule has 4 rings (SSSR count). The van der Waals surface area contributed by atoms with E-state index in [1.165, 1.54) is 0 Å². The number of amides is 1. The Balaban J connectivity index is 1.62. The Hall–Kier alpha value is -3.48. The minimum atomic E-state index is -0.196. The van der Waals surface area contributed by atoms with Gasteiger partial charge in [0.15, 0.2) is 11.5 Å². The topological polar surface area (TPSA) is 77.6 Å². The number of carbonyl (C=O) groups excluding carboxylic acids is 1. The van der Waals surface area contributed by atoms with Crippen molar-refractivity contribution in [2.24, 2.45) is 0 Å². The number of benzene rings is 1. The summed E-state index contributed by atoms with van der Waals surface area (Å²) in [6.45, 7) is 9.42. The predicted octanol–water partition coefficient (Wildman–Crippen LogP) is 4.65. The fourth-order valence-electron chi connectivity index (χ4n) is 3.79. The van der Waals surface area contributed by atoms with Crippen LogP contribution in [0.25, 0.3) is 11.0 Å². The lowest BCUT2D eigenvalue weighted by Gasteiger charge is -2.07. The van der Waals surface area contributed by atoms with E-state index in [2.05, 4.69) is 39.6 Å². The second-order valence-electron chi connectivity index (χ2n) is 7.94. The highest BCUT2D eigenvalue weighted by Crippen LogP contribution is 2.24. The van der Waals surface area contributed by atoms with Gasteiger partial charge in [-0.25, -0.2) is 9.67 Å². The molecule has 3 aromatic heterocycles. The van der Waals surface area contributed by atoms with Crippen LogP contribution >= 0.6 is 0 Å². The zero-order valence-corrected chi connectivity index (χ0v) is 18.5. The first-order valence-electron chi connectivity index (χ1n) is 10.7. The van der Waals surface area contributed by atoms with Crippen LogP contribution in [-0.4, -0.2) is 30.5 Å². The van der Waals surface area contributed by atoms with Crippen molar-refractivity contribution in [3.8, 4) is 0 Å². The van der Waals surface area contributed by atoms with Crippen LogP contribution in [0.15, 0.2) is 42.5 Å². The number of carbonyl (C=O) groups is 1. The summed E-state index contributed by atoms with van der Waals surface area (Å²) in [4.78, 5) is 17.9. The average molecular weight is 417 g/mol. The zero-order valence-electron chi connectivity index (χ0n) is 18.5. The Kier molecular flexibility index (Phi) is 5.84. The summed E-state index contributed by atoms with van der Waals surface area (Å²) in [5, 5.41) is 13.0. The molecule has 0 aliphatic carbocycles. The van der Waals surface area contributed by atoms with Gasteiger partial charge in [-0.3, -0.25) is 9.48 Å². The van der Waals surface area contributed by atoms with E-state index in [1.807, 2.05) is 60.5 Å². The predicted molar refractivity (Wildman–Crippen MR) is 122 cm³/mol. The molecule has 160 valence electrons. The van der Waals surface area contributed by atoms with Crippen LogP contribution in [0, 0.1) is 20.8 Å². The first-order valence-corrected chi connectivity index (χ1v) is 10.7. The molecule has 1 N–H and O–H groups in total. The summed E-state index contributed by atoms with van der Waals surface area (Å²) in [6, 6.07) is 13.9. The first kappa shape index (κ1) is 20.8. The number of aromatic nitrogens is 5. The molecule has 1 amide bonds. The van der Waals surface area contributed by atoms with Crippen molar-refractivity contribution < 1.29 is 4.79 Å². The molecule has 0 radical (unpaired) electrons. The summed E-state index contributed by atoms with van der Waals surface area (Å²) >= 11 is 0. The zero-order chi connectivity index (χ0) is 22.0. The minimum Gasteiger partial charge on any atom is -0.305 e. The van der Waals surface area contributed by atoms with Crippen molar-refractivity contribution in [1.82, 2.24) is 24.5 Å². The second-order valence-corrected chi connectivity index (χ2v) is 7.94. The molecule has 1 aromatic carbocycles. The molecule has 0 unspecified atom stereocenters. The monoisotopic (exact) mass is 416 g/mol. The fraction of sp³-hybridized carbons (Fsp3) is 0.333. The van der Waals surface area contributed by atoms with E-state index in [0.717, 1.165) is 53.1 Å². The van der Waals surface area contributed by atoms with Crippen molar-refractivity contribution in [2.75, 3.05) is 5.32 Å². The van der Waals surface area contributed by atoms with Crippen molar-refractivity contribution in [3.05, 3.63) is 70.7 Å². The van der Waals surface area contributed by atoms with Crippen molar-refractivity contribution in [1.29, 1.82) is 0 Å². The maximum absolute atomic E-state index is 13.2. The number of anilines is 1. The summed E-state index contributed by atoms with van der Waals surface area (Å²) in [5.74, 6) is 0.343. The smallest absolute Gasteiger partial charge is 0.257 e. The molecule has 0 aliphatic rings. The van der Waals surface area contributed by atoms with Gasteiger partial charge in [-0.1, -0.05) is 43.7 Å². The Labute approximate surface area is 182 Å². The number of nitrogens with zero attached hydrogens (tertiary/aromatic N) is 5. The number of hydrogen-bond acceptors (Lipinski definition) is 4. The van der Waals surface area contributed by atoms with Gasteiger partial charge in [0, 0.05) is 24.0 Å². The largest absolute Gasteiger partial charge is 0.305 e. The average Bonchev–Trinajstić information content (AvgIpc) is 3.25. The number of fused-ring (bicyclic) bond motifs is 1. The lowest BCUT2D eigenvalue weighted by Crippen LogP contribution is -2.14. The molecule has 0 spiro atoms. The van der Waals surface area contributed by atoms with Gasteiger partial charge >= 0.3 is 0 Å². The van der Waals surface area contributed by atoms with Gasteiger partial charge < -0.3 is 5.32 Å². The van der Waals surface area contributed by atoms with E-state index in [-0.39, 0.29) is 5.91 Å². The molecule has 0 saturated heterocycles. The maximum Gasteiger partial charge on any atom is 0.257 e. The standard InChI is InChI=1S/C24H28N6O/c1-5-6-12-29-23-22(18(4)27-29)20(13-16(2)25-23)24(31)26-21-14-17(3)30(28-21)15-19-10-8-7-9-11-19/h7-11,13-14H,5-6,12,15H2,1-4H3,(H,26,28,31). The molecule has 7 heteroatoms. The van der Waals surface area contributed by atoms with Crippen LogP contribution < -0.4 is 5.32 Å². The van der Waals surface area contributed by atoms with E-state index in [9.17, 15) is 4.79 Å². The lowest BCUT2D eigenvalue weighted by atomic mass is 10.1. The van der Waals surface area contributed by atoms with Crippen LogP contribution in [-0.2, 0) is 13.1 Å². The van der Waals surface area contributed by atoms with Crippen LogP contribution in [0.5, 0.6) is 0 Å². The second kappa shape index (κ2) is 8.71. The van der Waals surface area contributed by atoms with Gasteiger partial charge in [0.1, 0.15) is 0 Å². The molecular weight excluding hydrogens is 388 g/mol. The summed E-state index contributed by atoms with van der Waals surface area (Å²) in [7, 11) is 0. The van der Waals surface area contributed by atoms with E-state index in [4.69, 9.17) is 0 Å². The Bertz CT molecular complexity index is 1220. The summed E-state index contributed by atoms with van der Waals surface area (Å²) in [5.41, 5.74) is 5.10. The number of hydrogen-bond donors (Lipinski definition) is 1. The van der Waals surface area contributed by atoms with Gasteiger partial charge in [0.2, 0.25) is 0 Å². The quantitative estimate of drug-likeness (QED) is 0.476.